The van der Waals surface area contributed by atoms with Crippen LogP contribution in [-0.4, -0.2) is 25.6 Å². The molecule has 2 aromatic heterocycles. The van der Waals surface area contributed by atoms with Crippen molar-refractivity contribution in [2.24, 2.45) is 0 Å². The summed E-state index contributed by atoms with van der Waals surface area (Å²) >= 11 is 0. The average Bonchev–Trinajstić information content (AvgIpc) is 2.77. The van der Waals surface area contributed by atoms with Crippen LogP contribution < -0.4 is 10.0 Å². The molecular formula is C13H18N4O3S. The molecule has 2 rings (SSSR count). The molecule has 0 radical (unpaired) electrons. The zero-order valence-electron chi connectivity index (χ0n) is 12.2. The standard InChI is InChI=1S/C13H18N4O3S/c1-9-12(10(2)20-17-9)8-16-21(18,19)13-5-4-11(6-14-3)7-15-13/h4-5,7,14,16H,6,8H2,1-3H3. The highest BCUT2D eigenvalue weighted by Gasteiger charge is 2.17. The maximum atomic E-state index is 12.2. The van der Waals surface area contributed by atoms with E-state index in [9.17, 15) is 8.42 Å². The second-order valence-electron chi connectivity index (χ2n) is 4.66. The summed E-state index contributed by atoms with van der Waals surface area (Å²) in [7, 11) is -1.84. The van der Waals surface area contributed by atoms with Crippen molar-refractivity contribution < 1.29 is 12.9 Å². The third-order valence-electron chi connectivity index (χ3n) is 3.07. The number of aromatic nitrogens is 2. The van der Waals surface area contributed by atoms with E-state index in [1.54, 1.807) is 26.1 Å². The van der Waals surface area contributed by atoms with Crippen LogP contribution in [0, 0.1) is 13.8 Å². The fraction of sp³-hybridized carbons (Fsp3) is 0.385. The predicted molar refractivity (Wildman–Crippen MR) is 77.0 cm³/mol. The Hall–Kier alpha value is -1.77. The summed E-state index contributed by atoms with van der Waals surface area (Å²) < 4.78 is 31.9. The molecule has 21 heavy (non-hydrogen) atoms. The molecule has 2 heterocycles. The molecule has 0 saturated heterocycles. The Kier molecular flexibility index (Phi) is 4.71. The van der Waals surface area contributed by atoms with Gasteiger partial charge in [-0.15, -0.1) is 0 Å². The van der Waals surface area contributed by atoms with Crippen molar-refractivity contribution in [3.63, 3.8) is 0 Å². The zero-order chi connectivity index (χ0) is 15.5. The van der Waals surface area contributed by atoms with Crippen LogP contribution >= 0.6 is 0 Å². The van der Waals surface area contributed by atoms with Crippen molar-refractivity contribution in [1.29, 1.82) is 0 Å². The topological polar surface area (TPSA) is 97.1 Å². The minimum Gasteiger partial charge on any atom is -0.361 e. The zero-order valence-corrected chi connectivity index (χ0v) is 13.0. The average molecular weight is 310 g/mol. The predicted octanol–water partition coefficient (Wildman–Crippen LogP) is 0.884. The molecule has 0 aliphatic rings. The highest BCUT2D eigenvalue weighted by atomic mass is 32.2. The van der Waals surface area contributed by atoms with Crippen LogP contribution in [-0.2, 0) is 23.1 Å². The van der Waals surface area contributed by atoms with Crippen molar-refractivity contribution in [3.05, 3.63) is 40.9 Å². The number of pyridine rings is 1. The van der Waals surface area contributed by atoms with E-state index < -0.39 is 10.0 Å². The van der Waals surface area contributed by atoms with Gasteiger partial charge in [0.05, 0.1) is 5.69 Å². The molecule has 0 aromatic carbocycles. The van der Waals surface area contributed by atoms with Gasteiger partial charge in [0.15, 0.2) is 5.03 Å². The van der Waals surface area contributed by atoms with Crippen LogP contribution in [0.1, 0.15) is 22.6 Å². The van der Waals surface area contributed by atoms with Gasteiger partial charge in [-0.3, -0.25) is 0 Å². The lowest BCUT2D eigenvalue weighted by Crippen LogP contribution is -2.24. The first kappa shape index (κ1) is 15.6. The van der Waals surface area contributed by atoms with Crippen LogP contribution in [0.25, 0.3) is 0 Å². The van der Waals surface area contributed by atoms with E-state index in [0.717, 1.165) is 11.1 Å². The van der Waals surface area contributed by atoms with Gasteiger partial charge < -0.3 is 9.84 Å². The highest BCUT2D eigenvalue weighted by molar-refractivity contribution is 7.89. The largest absolute Gasteiger partial charge is 0.361 e. The molecule has 2 aromatic rings. The minimum absolute atomic E-state index is 0.00545. The van der Waals surface area contributed by atoms with E-state index in [0.29, 0.717) is 18.0 Å². The second kappa shape index (κ2) is 6.33. The van der Waals surface area contributed by atoms with Crippen LogP contribution in [0.4, 0.5) is 0 Å². The van der Waals surface area contributed by atoms with E-state index in [2.05, 4.69) is 20.2 Å². The number of nitrogens with zero attached hydrogens (tertiary/aromatic N) is 2. The van der Waals surface area contributed by atoms with E-state index >= 15 is 0 Å². The van der Waals surface area contributed by atoms with Crippen molar-refractivity contribution in [2.45, 2.75) is 32.0 Å². The van der Waals surface area contributed by atoms with Gasteiger partial charge in [-0.25, -0.2) is 18.1 Å². The first-order chi connectivity index (χ1) is 9.94. The smallest absolute Gasteiger partial charge is 0.258 e. The molecule has 0 unspecified atom stereocenters. The number of nitrogens with one attached hydrogen (secondary N) is 2. The molecule has 0 fully saturated rings. The molecule has 0 saturated carbocycles. The number of hydrogen-bond donors (Lipinski definition) is 2. The summed E-state index contributed by atoms with van der Waals surface area (Å²) in [5.41, 5.74) is 2.33. The highest BCUT2D eigenvalue weighted by Crippen LogP contribution is 2.13. The van der Waals surface area contributed by atoms with Crippen LogP contribution in [0.5, 0.6) is 0 Å². The molecule has 0 aliphatic heterocycles. The van der Waals surface area contributed by atoms with Gasteiger partial charge in [0.1, 0.15) is 5.76 Å². The Labute approximate surface area is 123 Å². The molecular weight excluding hydrogens is 292 g/mol. The van der Waals surface area contributed by atoms with Gasteiger partial charge in [0, 0.05) is 24.8 Å². The maximum Gasteiger partial charge on any atom is 0.258 e. The summed E-state index contributed by atoms with van der Waals surface area (Å²) in [4.78, 5) is 3.98. The van der Waals surface area contributed by atoms with Gasteiger partial charge in [-0.1, -0.05) is 11.2 Å². The monoisotopic (exact) mass is 310 g/mol. The van der Waals surface area contributed by atoms with Gasteiger partial charge in [0.2, 0.25) is 0 Å². The van der Waals surface area contributed by atoms with Crippen LogP contribution in [0.2, 0.25) is 0 Å². The van der Waals surface area contributed by atoms with Crippen molar-refractivity contribution >= 4 is 10.0 Å². The Morgan fingerprint density at radius 2 is 2.00 bits per heavy atom. The number of hydrogen-bond acceptors (Lipinski definition) is 6. The molecule has 0 bridgehead atoms. The normalized spacial score (nSPS) is 11.8. The first-order valence-electron chi connectivity index (χ1n) is 6.45. The third kappa shape index (κ3) is 3.66. The van der Waals surface area contributed by atoms with E-state index in [-0.39, 0.29) is 11.6 Å². The molecule has 0 atom stereocenters. The molecule has 7 nitrogen and oxygen atoms in total. The van der Waals surface area contributed by atoms with Crippen molar-refractivity contribution in [1.82, 2.24) is 20.2 Å². The van der Waals surface area contributed by atoms with E-state index in [4.69, 9.17) is 4.52 Å². The molecule has 0 amide bonds. The lowest BCUT2D eigenvalue weighted by Gasteiger charge is -2.06. The van der Waals surface area contributed by atoms with Gasteiger partial charge in [-0.05, 0) is 32.5 Å². The first-order valence-corrected chi connectivity index (χ1v) is 7.93. The SMILES string of the molecule is CNCc1ccc(S(=O)(=O)NCc2c(C)noc2C)nc1. The lowest BCUT2D eigenvalue weighted by molar-refractivity contribution is 0.392. The summed E-state index contributed by atoms with van der Waals surface area (Å²) in [5, 5.41) is 6.76. The number of aryl methyl sites for hydroxylation is 2. The maximum absolute atomic E-state index is 12.2. The summed E-state index contributed by atoms with van der Waals surface area (Å²) in [6, 6.07) is 3.22. The van der Waals surface area contributed by atoms with Gasteiger partial charge in [-0.2, -0.15) is 0 Å². The van der Waals surface area contributed by atoms with Crippen LogP contribution in [0.3, 0.4) is 0 Å². The van der Waals surface area contributed by atoms with Crippen LogP contribution in [0.15, 0.2) is 27.9 Å². The summed E-state index contributed by atoms with van der Waals surface area (Å²) in [6.07, 6.45) is 1.54. The van der Waals surface area contributed by atoms with Crippen molar-refractivity contribution in [3.8, 4) is 0 Å². The molecule has 2 N–H and O–H groups in total. The Morgan fingerprint density at radius 1 is 1.24 bits per heavy atom. The Morgan fingerprint density at radius 3 is 2.52 bits per heavy atom. The van der Waals surface area contributed by atoms with Crippen molar-refractivity contribution in [2.75, 3.05) is 7.05 Å². The quantitative estimate of drug-likeness (QED) is 0.822. The van der Waals surface area contributed by atoms with E-state index in [1.165, 1.54) is 6.07 Å². The fourth-order valence-electron chi connectivity index (χ4n) is 1.87. The lowest BCUT2D eigenvalue weighted by atomic mass is 10.2. The number of sulfonamides is 1. The second-order valence-corrected chi connectivity index (χ2v) is 6.38. The van der Waals surface area contributed by atoms with E-state index in [1.807, 2.05) is 7.05 Å². The minimum atomic E-state index is -3.65. The van der Waals surface area contributed by atoms with Gasteiger partial charge in [0.25, 0.3) is 10.0 Å². The summed E-state index contributed by atoms with van der Waals surface area (Å²) in [5.74, 6) is 0.604. The molecule has 8 heteroatoms. The molecule has 0 aliphatic carbocycles. The Balaban J connectivity index is 2.11. The molecule has 0 spiro atoms. The summed E-state index contributed by atoms with van der Waals surface area (Å²) in [6.45, 7) is 4.28. The number of rotatable bonds is 6. The van der Waals surface area contributed by atoms with Gasteiger partial charge >= 0.3 is 0 Å². The fourth-order valence-corrected chi connectivity index (χ4v) is 2.79. The Bertz CT molecular complexity index is 688. The third-order valence-corrected chi connectivity index (χ3v) is 4.39. The molecule has 114 valence electrons.